The van der Waals surface area contributed by atoms with E-state index >= 15 is 0 Å². The molecule has 2 N–H and O–H groups in total. The molecule has 0 atom stereocenters. The number of nitrogens with zero attached hydrogens (tertiary/aromatic N) is 2. The van der Waals surface area contributed by atoms with Crippen molar-refractivity contribution in [3.63, 3.8) is 0 Å². The second-order valence-corrected chi connectivity index (χ2v) is 4.42. The maximum atomic E-state index is 5.83. The van der Waals surface area contributed by atoms with Crippen LogP contribution in [-0.4, -0.2) is 16.7 Å². The van der Waals surface area contributed by atoms with Gasteiger partial charge in [0.25, 0.3) is 0 Å². The fraction of sp³-hybridized carbons (Fsp3) is 0.357. The summed E-state index contributed by atoms with van der Waals surface area (Å²) >= 11 is 0. The minimum atomic E-state index is 0.462. The van der Waals surface area contributed by atoms with Gasteiger partial charge >= 0.3 is 0 Å². The standard InChI is InChI=1S/C14H19N3O/c1-9-5-6-13(18-4)11(7-9)14-12(8-15)17(3)10(2)16-14/h5-7H,8,15H2,1-4H3. The second kappa shape index (κ2) is 4.82. The zero-order chi connectivity index (χ0) is 13.3. The molecule has 2 rings (SSSR count). The molecule has 0 aliphatic carbocycles. The molecule has 18 heavy (non-hydrogen) atoms. The highest BCUT2D eigenvalue weighted by molar-refractivity contribution is 5.70. The molecular weight excluding hydrogens is 226 g/mol. The average Bonchev–Trinajstić information content (AvgIpc) is 2.65. The summed E-state index contributed by atoms with van der Waals surface area (Å²) in [7, 11) is 3.66. The van der Waals surface area contributed by atoms with Crippen LogP contribution < -0.4 is 10.5 Å². The monoisotopic (exact) mass is 245 g/mol. The van der Waals surface area contributed by atoms with Gasteiger partial charge in [0, 0.05) is 19.2 Å². The first-order valence-corrected chi connectivity index (χ1v) is 5.95. The summed E-state index contributed by atoms with van der Waals surface area (Å²) in [6.07, 6.45) is 0. The van der Waals surface area contributed by atoms with Crippen molar-refractivity contribution in [1.82, 2.24) is 9.55 Å². The molecule has 96 valence electrons. The van der Waals surface area contributed by atoms with E-state index in [2.05, 4.69) is 18.0 Å². The van der Waals surface area contributed by atoms with E-state index in [1.54, 1.807) is 7.11 Å². The first kappa shape index (κ1) is 12.6. The van der Waals surface area contributed by atoms with E-state index in [1.165, 1.54) is 5.56 Å². The lowest BCUT2D eigenvalue weighted by Gasteiger charge is -2.09. The Morgan fingerprint density at radius 3 is 2.67 bits per heavy atom. The SMILES string of the molecule is COc1ccc(C)cc1-c1nc(C)n(C)c1CN. The minimum Gasteiger partial charge on any atom is -0.496 e. The summed E-state index contributed by atoms with van der Waals surface area (Å²) < 4.78 is 7.44. The lowest BCUT2D eigenvalue weighted by Crippen LogP contribution is -2.05. The van der Waals surface area contributed by atoms with Gasteiger partial charge in [-0.2, -0.15) is 0 Å². The first-order valence-electron chi connectivity index (χ1n) is 5.95. The van der Waals surface area contributed by atoms with Crippen LogP contribution in [0.2, 0.25) is 0 Å². The molecule has 2 aromatic rings. The van der Waals surface area contributed by atoms with E-state index in [0.29, 0.717) is 6.54 Å². The van der Waals surface area contributed by atoms with Crippen molar-refractivity contribution < 1.29 is 4.74 Å². The maximum Gasteiger partial charge on any atom is 0.128 e. The Balaban J connectivity index is 2.68. The van der Waals surface area contributed by atoms with E-state index in [0.717, 1.165) is 28.5 Å². The number of nitrogens with two attached hydrogens (primary N) is 1. The third kappa shape index (κ3) is 1.99. The van der Waals surface area contributed by atoms with E-state index in [1.807, 2.05) is 30.7 Å². The van der Waals surface area contributed by atoms with Gasteiger partial charge < -0.3 is 15.0 Å². The van der Waals surface area contributed by atoms with E-state index < -0.39 is 0 Å². The van der Waals surface area contributed by atoms with Gasteiger partial charge in [-0.15, -0.1) is 0 Å². The molecule has 0 aliphatic rings. The number of methoxy groups -OCH3 is 1. The summed E-state index contributed by atoms with van der Waals surface area (Å²) in [6.45, 7) is 4.50. The highest BCUT2D eigenvalue weighted by atomic mass is 16.5. The summed E-state index contributed by atoms with van der Waals surface area (Å²) in [4.78, 5) is 4.60. The Morgan fingerprint density at radius 2 is 2.06 bits per heavy atom. The van der Waals surface area contributed by atoms with Gasteiger partial charge in [-0.3, -0.25) is 0 Å². The third-order valence-electron chi connectivity index (χ3n) is 3.24. The summed E-state index contributed by atoms with van der Waals surface area (Å²) in [5.74, 6) is 1.78. The van der Waals surface area contributed by atoms with Gasteiger partial charge in [0.2, 0.25) is 0 Å². The highest BCUT2D eigenvalue weighted by Crippen LogP contribution is 2.32. The predicted molar refractivity (Wildman–Crippen MR) is 72.6 cm³/mol. The van der Waals surface area contributed by atoms with E-state index in [9.17, 15) is 0 Å². The smallest absolute Gasteiger partial charge is 0.128 e. The second-order valence-electron chi connectivity index (χ2n) is 4.42. The molecule has 0 spiro atoms. The van der Waals surface area contributed by atoms with Gasteiger partial charge in [0.1, 0.15) is 11.6 Å². The Labute approximate surface area is 107 Å². The first-order chi connectivity index (χ1) is 8.58. The number of hydrogen-bond donors (Lipinski definition) is 1. The number of imidazole rings is 1. The van der Waals surface area contributed by atoms with Crippen molar-refractivity contribution in [3.05, 3.63) is 35.3 Å². The number of benzene rings is 1. The zero-order valence-electron chi connectivity index (χ0n) is 11.3. The lowest BCUT2D eigenvalue weighted by atomic mass is 10.1. The number of hydrogen-bond acceptors (Lipinski definition) is 3. The molecule has 4 heteroatoms. The van der Waals surface area contributed by atoms with E-state index in [-0.39, 0.29) is 0 Å². The van der Waals surface area contributed by atoms with Crippen LogP contribution in [0, 0.1) is 13.8 Å². The molecular formula is C14H19N3O. The maximum absolute atomic E-state index is 5.83. The third-order valence-corrected chi connectivity index (χ3v) is 3.24. The van der Waals surface area contributed by atoms with Crippen molar-refractivity contribution in [2.24, 2.45) is 12.8 Å². The van der Waals surface area contributed by atoms with Crippen molar-refractivity contribution in [2.75, 3.05) is 7.11 Å². The van der Waals surface area contributed by atoms with E-state index in [4.69, 9.17) is 10.5 Å². The molecule has 1 heterocycles. The molecule has 0 amide bonds. The molecule has 0 saturated heterocycles. The normalized spacial score (nSPS) is 10.7. The van der Waals surface area contributed by atoms with Crippen LogP contribution in [0.1, 0.15) is 17.1 Å². The van der Waals surface area contributed by atoms with Gasteiger partial charge in [-0.05, 0) is 26.0 Å². The molecule has 4 nitrogen and oxygen atoms in total. The quantitative estimate of drug-likeness (QED) is 0.901. The van der Waals surface area contributed by atoms with Crippen molar-refractivity contribution in [3.8, 4) is 17.0 Å². The number of aromatic nitrogens is 2. The van der Waals surface area contributed by atoms with Crippen LogP contribution in [0.5, 0.6) is 5.75 Å². The summed E-state index contributed by atoms with van der Waals surface area (Å²) in [5, 5.41) is 0. The molecule has 1 aromatic heterocycles. The van der Waals surface area contributed by atoms with Crippen LogP contribution in [-0.2, 0) is 13.6 Å². The van der Waals surface area contributed by atoms with Crippen LogP contribution in [0.15, 0.2) is 18.2 Å². The Morgan fingerprint density at radius 1 is 1.33 bits per heavy atom. The fourth-order valence-corrected chi connectivity index (χ4v) is 2.11. The zero-order valence-corrected chi connectivity index (χ0v) is 11.3. The van der Waals surface area contributed by atoms with Crippen molar-refractivity contribution in [2.45, 2.75) is 20.4 Å². The Kier molecular flexibility index (Phi) is 3.39. The molecule has 1 aromatic carbocycles. The van der Waals surface area contributed by atoms with Gasteiger partial charge in [0.15, 0.2) is 0 Å². The molecule has 0 fully saturated rings. The molecule has 0 radical (unpaired) electrons. The summed E-state index contributed by atoms with van der Waals surface area (Å²) in [6, 6.07) is 6.08. The largest absolute Gasteiger partial charge is 0.496 e. The van der Waals surface area contributed by atoms with Crippen LogP contribution >= 0.6 is 0 Å². The lowest BCUT2D eigenvalue weighted by molar-refractivity contribution is 0.416. The average molecular weight is 245 g/mol. The molecule has 0 aliphatic heterocycles. The fourth-order valence-electron chi connectivity index (χ4n) is 2.11. The predicted octanol–water partition coefficient (Wildman–Crippen LogP) is 2.17. The van der Waals surface area contributed by atoms with Crippen molar-refractivity contribution in [1.29, 1.82) is 0 Å². The van der Waals surface area contributed by atoms with Crippen LogP contribution in [0.3, 0.4) is 0 Å². The molecule has 0 unspecified atom stereocenters. The number of aryl methyl sites for hydroxylation is 2. The van der Waals surface area contributed by atoms with Crippen molar-refractivity contribution >= 4 is 0 Å². The summed E-state index contributed by atoms with van der Waals surface area (Å²) in [5.41, 5.74) is 9.95. The number of rotatable bonds is 3. The van der Waals surface area contributed by atoms with Gasteiger partial charge in [-0.1, -0.05) is 11.6 Å². The highest BCUT2D eigenvalue weighted by Gasteiger charge is 2.16. The number of ether oxygens (including phenoxy) is 1. The minimum absolute atomic E-state index is 0.462. The topological polar surface area (TPSA) is 53.1 Å². The molecule has 0 bridgehead atoms. The van der Waals surface area contributed by atoms with Gasteiger partial charge in [0.05, 0.1) is 18.5 Å². The van der Waals surface area contributed by atoms with Gasteiger partial charge in [-0.25, -0.2) is 4.98 Å². The Bertz CT molecular complexity index is 573. The van der Waals surface area contributed by atoms with Crippen LogP contribution in [0.4, 0.5) is 0 Å². The molecule has 0 saturated carbocycles. The van der Waals surface area contributed by atoms with Crippen LogP contribution in [0.25, 0.3) is 11.3 Å². The Hall–Kier alpha value is -1.81.